The van der Waals surface area contributed by atoms with E-state index >= 15 is 0 Å². The lowest BCUT2D eigenvalue weighted by Gasteiger charge is -2.09. The minimum absolute atomic E-state index is 0.00713. The minimum Gasteiger partial charge on any atom is -0.289 e. The molecule has 1 aliphatic rings. The molecule has 3 heteroatoms. The van der Waals surface area contributed by atoms with Crippen molar-refractivity contribution in [3.63, 3.8) is 0 Å². The average molecular weight is 401 g/mol. The summed E-state index contributed by atoms with van der Waals surface area (Å²) in [6.45, 7) is 0. The van der Waals surface area contributed by atoms with E-state index in [-0.39, 0.29) is 5.78 Å². The fraction of sp³-hybridized carbons (Fsp3) is 0. The Morgan fingerprint density at radius 3 is 1.25 bits per heavy atom. The molecule has 0 bridgehead atoms. The smallest absolute Gasteiger partial charge is 0.194 e. The van der Waals surface area contributed by atoms with Crippen molar-refractivity contribution in [3.05, 3.63) is 106 Å². The summed E-state index contributed by atoms with van der Waals surface area (Å²) in [4.78, 5) is 13.2. The van der Waals surface area contributed by atoms with Crippen molar-refractivity contribution in [2.75, 3.05) is 0 Å². The topological polar surface area (TPSA) is 17.1 Å². The monoisotopic (exact) mass is 400 g/mol. The van der Waals surface area contributed by atoms with Gasteiger partial charge in [-0.2, -0.15) is 0 Å². The zero-order valence-electron chi connectivity index (χ0n) is 14.7. The molecule has 0 spiro atoms. The largest absolute Gasteiger partial charge is 0.289 e. The van der Waals surface area contributed by atoms with Gasteiger partial charge >= 0.3 is 0 Å². The third-order valence-electron chi connectivity index (χ3n) is 5.16. The van der Waals surface area contributed by atoms with Crippen LogP contribution < -0.4 is 0 Å². The van der Waals surface area contributed by atoms with Gasteiger partial charge in [0.2, 0.25) is 0 Å². The van der Waals surface area contributed by atoms with E-state index in [4.69, 9.17) is 23.2 Å². The van der Waals surface area contributed by atoms with Crippen LogP contribution in [0.25, 0.3) is 33.4 Å². The molecule has 0 aromatic heterocycles. The number of hydrogen-bond donors (Lipinski definition) is 0. The molecule has 0 atom stereocenters. The van der Waals surface area contributed by atoms with E-state index in [9.17, 15) is 4.79 Å². The zero-order chi connectivity index (χ0) is 19.3. The van der Waals surface area contributed by atoms with Crippen LogP contribution in [0.1, 0.15) is 15.9 Å². The van der Waals surface area contributed by atoms with Crippen molar-refractivity contribution >= 4 is 29.0 Å². The molecule has 0 aliphatic heterocycles. The first kappa shape index (κ1) is 17.2. The Morgan fingerprint density at radius 1 is 0.464 bits per heavy atom. The van der Waals surface area contributed by atoms with E-state index in [2.05, 4.69) is 0 Å². The predicted octanol–water partition coefficient (Wildman–Crippen LogP) is 7.54. The Kier molecular flexibility index (Phi) is 4.08. The van der Waals surface area contributed by atoms with Crippen molar-refractivity contribution < 1.29 is 4.79 Å². The van der Waals surface area contributed by atoms with Gasteiger partial charge in [-0.1, -0.05) is 83.9 Å². The van der Waals surface area contributed by atoms with Crippen LogP contribution in [0.4, 0.5) is 0 Å². The van der Waals surface area contributed by atoms with E-state index in [1.54, 1.807) is 0 Å². The van der Waals surface area contributed by atoms with Crippen LogP contribution in [0.5, 0.6) is 0 Å². The summed E-state index contributed by atoms with van der Waals surface area (Å²) < 4.78 is 0. The van der Waals surface area contributed by atoms with Crippen molar-refractivity contribution in [3.8, 4) is 33.4 Å². The van der Waals surface area contributed by atoms with Gasteiger partial charge in [-0.15, -0.1) is 0 Å². The van der Waals surface area contributed by atoms with Crippen LogP contribution in [-0.2, 0) is 0 Å². The number of ketones is 1. The van der Waals surface area contributed by atoms with Crippen LogP contribution in [0.2, 0.25) is 10.0 Å². The lowest BCUT2D eigenvalue weighted by molar-refractivity contribution is 0.104. The van der Waals surface area contributed by atoms with Gasteiger partial charge in [-0.05, 0) is 46.5 Å². The van der Waals surface area contributed by atoms with Crippen molar-refractivity contribution in [1.82, 2.24) is 0 Å². The summed E-state index contributed by atoms with van der Waals surface area (Å²) in [5.74, 6) is 0.00713. The van der Waals surface area contributed by atoms with Crippen LogP contribution in [-0.4, -0.2) is 5.78 Å². The molecule has 4 aromatic carbocycles. The molecule has 1 nitrogen and oxygen atoms in total. The number of rotatable bonds is 2. The van der Waals surface area contributed by atoms with Gasteiger partial charge in [0, 0.05) is 32.3 Å². The van der Waals surface area contributed by atoms with E-state index in [1.165, 1.54) is 0 Å². The van der Waals surface area contributed by atoms with Gasteiger partial charge in [-0.25, -0.2) is 0 Å². The Hall–Kier alpha value is -2.87. The summed E-state index contributed by atoms with van der Waals surface area (Å²) in [6.07, 6.45) is 0. The fourth-order valence-corrected chi connectivity index (χ4v) is 4.34. The highest BCUT2D eigenvalue weighted by Gasteiger charge is 2.29. The minimum atomic E-state index is 0.00713. The molecule has 4 aromatic rings. The summed E-state index contributed by atoms with van der Waals surface area (Å²) in [5.41, 5.74) is 6.70. The molecule has 5 rings (SSSR count). The SMILES string of the molecule is O=C1c2cc(-c3ccccc3)c(Cl)cc2-c2cc(Cl)c(-c3ccccc3)cc21. The third-order valence-corrected chi connectivity index (χ3v) is 5.79. The lowest BCUT2D eigenvalue weighted by Crippen LogP contribution is -1.96. The number of halogens is 2. The summed E-state index contributed by atoms with van der Waals surface area (Å²) in [5, 5.41) is 1.24. The first-order chi connectivity index (χ1) is 13.6. The highest BCUT2D eigenvalue weighted by Crippen LogP contribution is 2.45. The normalized spacial score (nSPS) is 12.0. The van der Waals surface area contributed by atoms with Crippen molar-refractivity contribution in [1.29, 1.82) is 0 Å². The highest BCUT2D eigenvalue weighted by atomic mass is 35.5. The second-order valence-electron chi connectivity index (χ2n) is 6.82. The maximum absolute atomic E-state index is 13.2. The van der Waals surface area contributed by atoms with Gasteiger partial charge in [0.1, 0.15) is 0 Å². The first-order valence-corrected chi connectivity index (χ1v) is 9.72. The molecular weight excluding hydrogens is 387 g/mol. The quantitative estimate of drug-likeness (QED) is 0.299. The molecule has 0 fully saturated rings. The molecule has 134 valence electrons. The number of benzene rings is 4. The number of hydrogen-bond acceptors (Lipinski definition) is 1. The fourth-order valence-electron chi connectivity index (χ4n) is 3.79. The predicted molar refractivity (Wildman–Crippen MR) is 116 cm³/mol. The molecule has 0 N–H and O–H groups in total. The zero-order valence-corrected chi connectivity index (χ0v) is 16.3. The maximum Gasteiger partial charge on any atom is 0.194 e. The number of fused-ring (bicyclic) bond motifs is 3. The van der Waals surface area contributed by atoms with Crippen LogP contribution in [0, 0.1) is 0 Å². The van der Waals surface area contributed by atoms with E-state index < -0.39 is 0 Å². The molecule has 0 unspecified atom stereocenters. The molecule has 0 heterocycles. The van der Waals surface area contributed by atoms with Gasteiger partial charge in [0.05, 0.1) is 0 Å². The average Bonchev–Trinajstić information content (AvgIpc) is 2.98. The van der Waals surface area contributed by atoms with Gasteiger partial charge < -0.3 is 0 Å². The lowest BCUT2D eigenvalue weighted by atomic mass is 9.98. The van der Waals surface area contributed by atoms with Crippen LogP contribution in [0.15, 0.2) is 84.9 Å². The standard InChI is InChI=1S/C25H14Cl2O/c26-23-13-19-20-14-24(27)18(16-9-5-2-6-10-16)12-22(20)25(28)21(19)11-17(23)15-7-3-1-4-8-15/h1-14H. The number of carbonyl (C=O) groups excluding carboxylic acids is 1. The van der Waals surface area contributed by atoms with Crippen molar-refractivity contribution in [2.24, 2.45) is 0 Å². The van der Waals surface area contributed by atoms with E-state index in [0.717, 1.165) is 33.4 Å². The molecule has 0 saturated heterocycles. The molecule has 0 radical (unpaired) electrons. The maximum atomic E-state index is 13.2. The second-order valence-corrected chi connectivity index (χ2v) is 7.63. The molecule has 28 heavy (non-hydrogen) atoms. The summed E-state index contributed by atoms with van der Waals surface area (Å²) in [6, 6.07) is 27.3. The molecule has 0 amide bonds. The van der Waals surface area contributed by atoms with Crippen molar-refractivity contribution in [2.45, 2.75) is 0 Å². The van der Waals surface area contributed by atoms with E-state index in [1.807, 2.05) is 84.9 Å². The summed E-state index contributed by atoms with van der Waals surface area (Å²) >= 11 is 13.2. The van der Waals surface area contributed by atoms with E-state index in [0.29, 0.717) is 21.2 Å². The van der Waals surface area contributed by atoms with Gasteiger partial charge in [0.15, 0.2) is 5.78 Å². The second kappa shape index (κ2) is 6.63. The molecule has 0 saturated carbocycles. The Morgan fingerprint density at radius 2 is 0.857 bits per heavy atom. The Labute approximate surface area is 173 Å². The molecule has 1 aliphatic carbocycles. The van der Waals surface area contributed by atoms with Crippen LogP contribution >= 0.6 is 23.2 Å². The Balaban J connectivity index is 1.69. The Bertz CT molecular complexity index is 1130. The summed E-state index contributed by atoms with van der Waals surface area (Å²) in [7, 11) is 0. The van der Waals surface area contributed by atoms with Gasteiger partial charge in [0.25, 0.3) is 0 Å². The molecular formula is C25H14Cl2O. The van der Waals surface area contributed by atoms with Crippen LogP contribution in [0.3, 0.4) is 0 Å². The highest BCUT2D eigenvalue weighted by molar-refractivity contribution is 6.36. The van der Waals surface area contributed by atoms with Gasteiger partial charge in [-0.3, -0.25) is 4.79 Å². The third kappa shape index (κ3) is 2.67. The number of carbonyl (C=O) groups is 1. The first-order valence-electron chi connectivity index (χ1n) is 8.96.